The summed E-state index contributed by atoms with van der Waals surface area (Å²) in [5, 5.41) is 3.52. The first kappa shape index (κ1) is 16.6. The van der Waals surface area contributed by atoms with Crippen LogP contribution in [0.15, 0.2) is 54.6 Å². The number of benzene rings is 2. The van der Waals surface area contributed by atoms with E-state index in [1.54, 1.807) is 12.1 Å². The standard InChI is InChI=1S/C19H19ClN2O2/c20-16-7-8-18(22-10-12-24-13-11-22)17(14-16)21-19(23)9-6-15-4-2-1-3-5-15/h1-9,14H,10-13H2,(H,21,23)/b9-6+. The van der Waals surface area contributed by atoms with Gasteiger partial charge in [-0.25, -0.2) is 0 Å². The van der Waals surface area contributed by atoms with Crippen LogP contribution >= 0.6 is 11.6 Å². The van der Waals surface area contributed by atoms with Gasteiger partial charge in [-0.15, -0.1) is 0 Å². The molecule has 1 amide bonds. The van der Waals surface area contributed by atoms with Crippen molar-refractivity contribution < 1.29 is 9.53 Å². The van der Waals surface area contributed by atoms with Crippen LogP contribution in [0.3, 0.4) is 0 Å². The Bertz CT molecular complexity index is 725. The van der Waals surface area contributed by atoms with Crippen molar-refractivity contribution in [1.29, 1.82) is 0 Å². The van der Waals surface area contributed by atoms with Crippen LogP contribution in [0.4, 0.5) is 11.4 Å². The highest BCUT2D eigenvalue weighted by Crippen LogP contribution is 2.29. The molecule has 0 unspecified atom stereocenters. The van der Waals surface area contributed by atoms with E-state index in [-0.39, 0.29) is 5.91 Å². The Balaban J connectivity index is 1.74. The number of halogens is 1. The van der Waals surface area contributed by atoms with E-state index in [0.717, 1.165) is 24.3 Å². The van der Waals surface area contributed by atoms with Crippen molar-refractivity contribution >= 4 is 35.0 Å². The number of hydrogen-bond acceptors (Lipinski definition) is 3. The molecule has 0 aromatic heterocycles. The first-order valence-electron chi connectivity index (χ1n) is 7.89. The van der Waals surface area contributed by atoms with E-state index in [1.165, 1.54) is 6.08 Å². The minimum atomic E-state index is -0.185. The summed E-state index contributed by atoms with van der Waals surface area (Å²) in [5.74, 6) is -0.185. The maximum absolute atomic E-state index is 12.2. The summed E-state index contributed by atoms with van der Waals surface area (Å²) in [6, 6.07) is 15.3. The van der Waals surface area contributed by atoms with Crippen molar-refractivity contribution in [3.63, 3.8) is 0 Å². The molecule has 1 N–H and O–H groups in total. The molecule has 3 rings (SSSR count). The second-order valence-corrected chi connectivity index (χ2v) is 5.93. The Morgan fingerprint density at radius 3 is 2.62 bits per heavy atom. The smallest absolute Gasteiger partial charge is 0.248 e. The molecule has 1 saturated heterocycles. The molecule has 1 heterocycles. The second-order valence-electron chi connectivity index (χ2n) is 5.49. The van der Waals surface area contributed by atoms with E-state index in [2.05, 4.69) is 10.2 Å². The molecule has 1 fully saturated rings. The van der Waals surface area contributed by atoms with Gasteiger partial charge in [0.25, 0.3) is 0 Å². The van der Waals surface area contributed by atoms with Crippen molar-refractivity contribution in [3.8, 4) is 0 Å². The zero-order chi connectivity index (χ0) is 16.8. The molecule has 2 aromatic rings. The summed E-state index contributed by atoms with van der Waals surface area (Å²) in [4.78, 5) is 14.4. The van der Waals surface area contributed by atoms with E-state index in [1.807, 2.05) is 42.5 Å². The summed E-state index contributed by atoms with van der Waals surface area (Å²) >= 11 is 6.10. The van der Waals surface area contributed by atoms with Gasteiger partial charge in [0.05, 0.1) is 24.6 Å². The highest BCUT2D eigenvalue weighted by atomic mass is 35.5. The highest BCUT2D eigenvalue weighted by molar-refractivity contribution is 6.31. The van der Waals surface area contributed by atoms with Gasteiger partial charge in [0.15, 0.2) is 0 Å². The minimum absolute atomic E-state index is 0.185. The normalized spacial score (nSPS) is 14.8. The monoisotopic (exact) mass is 342 g/mol. The van der Waals surface area contributed by atoms with Crippen LogP contribution in [0.25, 0.3) is 6.08 Å². The van der Waals surface area contributed by atoms with E-state index in [9.17, 15) is 4.79 Å². The van der Waals surface area contributed by atoms with Gasteiger partial charge in [-0.1, -0.05) is 41.9 Å². The molecule has 0 radical (unpaired) electrons. The van der Waals surface area contributed by atoms with E-state index < -0.39 is 0 Å². The molecule has 0 saturated carbocycles. The van der Waals surface area contributed by atoms with Crippen LogP contribution in [-0.4, -0.2) is 32.2 Å². The third-order valence-electron chi connectivity index (χ3n) is 3.79. The molecule has 0 atom stereocenters. The predicted octanol–water partition coefficient (Wildman–Crippen LogP) is 3.83. The lowest BCUT2D eigenvalue weighted by atomic mass is 10.2. The van der Waals surface area contributed by atoms with Gasteiger partial charge in [-0.2, -0.15) is 0 Å². The molecular weight excluding hydrogens is 324 g/mol. The van der Waals surface area contributed by atoms with E-state index >= 15 is 0 Å². The molecule has 0 spiro atoms. The van der Waals surface area contributed by atoms with Crippen molar-refractivity contribution in [2.75, 3.05) is 36.5 Å². The average Bonchev–Trinajstić information content (AvgIpc) is 2.62. The van der Waals surface area contributed by atoms with Gasteiger partial charge in [-0.3, -0.25) is 4.79 Å². The van der Waals surface area contributed by atoms with Gasteiger partial charge in [0.2, 0.25) is 5.91 Å². The van der Waals surface area contributed by atoms with Crippen LogP contribution in [0, 0.1) is 0 Å². The van der Waals surface area contributed by atoms with Gasteiger partial charge in [-0.05, 0) is 29.8 Å². The van der Waals surface area contributed by atoms with Crippen molar-refractivity contribution in [3.05, 3.63) is 65.2 Å². The Kier molecular flexibility index (Phi) is 5.51. The molecule has 2 aromatic carbocycles. The van der Waals surface area contributed by atoms with E-state index in [0.29, 0.717) is 23.9 Å². The quantitative estimate of drug-likeness (QED) is 0.859. The Hall–Kier alpha value is -2.30. The predicted molar refractivity (Wildman–Crippen MR) is 98.6 cm³/mol. The minimum Gasteiger partial charge on any atom is -0.378 e. The fourth-order valence-electron chi connectivity index (χ4n) is 2.60. The number of nitrogens with one attached hydrogen (secondary N) is 1. The molecule has 24 heavy (non-hydrogen) atoms. The van der Waals surface area contributed by atoms with Gasteiger partial charge < -0.3 is 15.0 Å². The first-order valence-corrected chi connectivity index (χ1v) is 8.26. The van der Waals surface area contributed by atoms with Crippen LogP contribution < -0.4 is 10.2 Å². The van der Waals surface area contributed by atoms with Gasteiger partial charge in [0.1, 0.15) is 0 Å². The zero-order valence-corrected chi connectivity index (χ0v) is 14.0. The Morgan fingerprint density at radius 1 is 1.12 bits per heavy atom. The largest absolute Gasteiger partial charge is 0.378 e. The molecule has 124 valence electrons. The number of carbonyl (C=O) groups excluding carboxylic acids is 1. The lowest BCUT2D eigenvalue weighted by molar-refractivity contribution is -0.111. The van der Waals surface area contributed by atoms with Gasteiger partial charge in [0, 0.05) is 24.2 Å². The first-order chi connectivity index (χ1) is 11.7. The summed E-state index contributed by atoms with van der Waals surface area (Å²) in [7, 11) is 0. The van der Waals surface area contributed by atoms with Crippen LogP contribution in [0.2, 0.25) is 5.02 Å². The SMILES string of the molecule is O=C(/C=C/c1ccccc1)Nc1cc(Cl)ccc1N1CCOCC1. The number of amides is 1. The summed E-state index contributed by atoms with van der Waals surface area (Å²) < 4.78 is 5.39. The second kappa shape index (κ2) is 7.99. The van der Waals surface area contributed by atoms with Crippen molar-refractivity contribution in [1.82, 2.24) is 0 Å². The van der Waals surface area contributed by atoms with E-state index in [4.69, 9.17) is 16.3 Å². The lowest BCUT2D eigenvalue weighted by Crippen LogP contribution is -2.36. The topological polar surface area (TPSA) is 41.6 Å². The Labute approximate surface area is 146 Å². The van der Waals surface area contributed by atoms with Crippen LogP contribution in [-0.2, 0) is 9.53 Å². The average molecular weight is 343 g/mol. The van der Waals surface area contributed by atoms with Crippen molar-refractivity contribution in [2.24, 2.45) is 0 Å². The number of hydrogen-bond donors (Lipinski definition) is 1. The highest BCUT2D eigenvalue weighted by Gasteiger charge is 2.16. The molecule has 4 nitrogen and oxygen atoms in total. The number of carbonyl (C=O) groups is 1. The fraction of sp³-hybridized carbons (Fsp3) is 0.211. The number of anilines is 2. The molecular formula is C19H19ClN2O2. The lowest BCUT2D eigenvalue weighted by Gasteiger charge is -2.30. The Morgan fingerprint density at radius 2 is 1.88 bits per heavy atom. The number of rotatable bonds is 4. The molecule has 0 bridgehead atoms. The summed E-state index contributed by atoms with van der Waals surface area (Å²) in [6.07, 6.45) is 3.31. The number of ether oxygens (including phenoxy) is 1. The number of morpholine rings is 1. The van der Waals surface area contributed by atoms with Crippen molar-refractivity contribution in [2.45, 2.75) is 0 Å². The molecule has 1 aliphatic rings. The van der Waals surface area contributed by atoms with Gasteiger partial charge >= 0.3 is 0 Å². The van der Waals surface area contributed by atoms with Crippen LogP contribution in [0.5, 0.6) is 0 Å². The molecule has 1 aliphatic heterocycles. The molecule has 0 aliphatic carbocycles. The summed E-state index contributed by atoms with van der Waals surface area (Å²) in [5.41, 5.74) is 2.66. The zero-order valence-electron chi connectivity index (χ0n) is 13.2. The third kappa shape index (κ3) is 4.37. The third-order valence-corrected chi connectivity index (χ3v) is 4.03. The fourth-order valence-corrected chi connectivity index (χ4v) is 2.77. The maximum atomic E-state index is 12.2. The number of nitrogens with zero attached hydrogens (tertiary/aromatic N) is 1. The summed E-state index contributed by atoms with van der Waals surface area (Å²) in [6.45, 7) is 2.96. The maximum Gasteiger partial charge on any atom is 0.248 e. The molecule has 5 heteroatoms. The van der Waals surface area contributed by atoms with Crippen LogP contribution in [0.1, 0.15) is 5.56 Å².